The van der Waals surface area contributed by atoms with Crippen LogP contribution in [-0.2, 0) is 11.2 Å². The molecule has 1 fully saturated rings. The standard InChI is InChI=1S/C24H32F2N4O/c1-16-18-7-6-8-20(29(5)21-9-11-28-15-24(21,25)26)19(18)10-12-30(16)22(31)17(14-27)13-23(2,3)4/h6-8,13,16,21,28H,9-12,15H2,1-5H3. The first-order valence-electron chi connectivity index (χ1n) is 10.8. The van der Waals surface area contributed by atoms with Crippen LogP contribution < -0.4 is 10.2 Å². The van der Waals surface area contributed by atoms with Gasteiger partial charge in [-0.05, 0) is 48.9 Å². The molecule has 5 nitrogen and oxygen atoms in total. The summed E-state index contributed by atoms with van der Waals surface area (Å²) in [6.45, 7) is 8.48. The molecule has 3 rings (SSSR count). The largest absolute Gasteiger partial charge is 0.365 e. The molecule has 1 saturated heterocycles. The summed E-state index contributed by atoms with van der Waals surface area (Å²) < 4.78 is 29.1. The lowest BCUT2D eigenvalue weighted by molar-refractivity contribution is -0.129. The number of rotatable bonds is 3. The minimum Gasteiger partial charge on any atom is -0.365 e. The molecule has 2 aliphatic heterocycles. The van der Waals surface area contributed by atoms with Crippen LogP contribution in [0.5, 0.6) is 0 Å². The van der Waals surface area contributed by atoms with E-state index >= 15 is 0 Å². The molecule has 1 amide bonds. The van der Waals surface area contributed by atoms with E-state index < -0.39 is 12.0 Å². The summed E-state index contributed by atoms with van der Waals surface area (Å²) in [7, 11) is 1.74. The van der Waals surface area contributed by atoms with Gasteiger partial charge < -0.3 is 15.1 Å². The third kappa shape index (κ3) is 4.74. The molecule has 31 heavy (non-hydrogen) atoms. The topological polar surface area (TPSA) is 59.4 Å². The number of allylic oxidation sites excluding steroid dienone is 1. The van der Waals surface area contributed by atoms with E-state index in [0.717, 1.165) is 16.8 Å². The fourth-order valence-electron chi connectivity index (χ4n) is 4.65. The van der Waals surface area contributed by atoms with Crippen LogP contribution in [0.2, 0.25) is 0 Å². The van der Waals surface area contributed by atoms with Gasteiger partial charge in [0, 0.05) is 19.3 Å². The average Bonchev–Trinajstić information content (AvgIpc) is 2.70. The van der Waals surface area contributed by atoms with Crippen LogP contribution in [0, 0.1) is 16.7 Å². The summed E-state index contributed by atoms with van der Waals surface area (Å²) in [4.78, 5) is 16.5. The number of carbonyl (C=O) groups excluding carboxylic acids is 1. The minimum atomic E-state index is -2.81. The Morgan fingerprint density at radius 2 is 2.10 bits per heavy atom. The zero-order valence-corrected chi connectivity index (χ0v) is 19.0. The van der Waals surface area contributed by atoms with Crippen LogP contribution in [0.3, 0.4) is 0 Å². The first-order chi connectivity index (χ1) is 14.5. The number of fused-ring (bicyclic) bond motifs is 1. The normalized spacial score (nSPS) is 23.7. The van der Waals surface area contributed by atoms with Crippen molar-refractivity contribution < 1.29 is 13.6 Å². The number of amides is 1. The van der Waals surface area contributed by atoms with Gasteiger partial charge >= 0.3 is 0 Å². The minimum absolute atomic E-state index is 0.144. The van der Waals surface area contributed by atoms with Crippen molar-refractivity contribution in [2.24, 2.45) is 5.41 Å². The third-order valence-electron chi connectivity index (χ3n) is 6.19. The number of nitrogens with one attached hydrogen (secondary N) is 1. The zero-order chi connectivity index (χ0) is 23.0. The molecule has 0 bridgehead atoms. The number of benzene rings is 1. The number of piperidine rings is 1. The van der Waals surface area contributed by atoms with Crippen molar-refractivity contribution in [3.05, 3.63) is 41.0 Å². The van der Waals surface area contributed by atoms with E-state index in [0.29, 0.717) is 25.9 Å². The van der Waals surface area contributed by atoms with Gasteiger partial charge in [0.15, 0.2) is 0 Å². The molecule has 7 heteroatoms. The van der Waals surface area contributed by atoms with Crippen molar-refractivity contribution in [1.82, 2.24) is 10.2 Å². The second-order valence-corrected chi connectivity index (χ2v) is 9.66. The number of carbonyl (C=O) groups is 1. The average molecular weight is 431 g/mol. The predicted octanol–water partition coefficient (Wildman–Crippen LogP) is 4.06. The van der Waals surface area contributed by atoms with Crippen LogP contribution in [-0.4, -0.2) is 49.5 Å². The molecule has 2 heterocycles. The van der Waals surface area contributed by atoms with Crippen molar-refractivity contribution >= 4 is 11.6 Å². The molecule has 0 aliphatic carbocycles. The molecule has 0 radical (unpaired) electrons. The Bertz CT molecular complexity index is 913. The highest BCUT2D eigenvalue weighted by Gasteiger charge is 2.44. The fraction of sp³-hybridized carbons (Fsp3) is 0.583. The molecule has 2 atom stereocenters. The van der Waals surface area contributed by atoms with Crippen molar-refractivity contribution in [2.75, 3.05) is 31.6 Å². The highest BCUT2D eigenvalue weighted by molar-refractivity contribution is 5.97. The molecular weight excluding hydrogens is 398 g/mol. The Hall–Kier alpha value is -2.46. The van der Waals surface area contributed by atoms with Gasteiger partial charge in [-0.3, -0.25) is 4.79 Å². The number of nitrogens with zero attached hydrogens (tertiary/aromatic N) is 3. The van der Waals surface area contributed by atoms with Crippen molar-refractivity contribution in [3.8, 4) is 6.07 Å². The summed E-state index contributed by atoms with van der Waals surface area (Å²) in [6, 6.07) is 6.66. The van der Waals surface area contributed by atoms with E-state index in [-0.39, 0.29) is 29.5 Å². The van der Waals surface area contributed by atoms with Gasteiger partial charge in [-0.15, -0.1) is 0 Å². The summed E-state index contributed by atoms with van der Waals surface area (Å²) in [5, 5.41) is 12.3. The van der Waals surface area contributed by atoms with Gasteiger partial charge in [-0.25, -0.2) is 8.78 Å². The second kappa shape index (κ2) is 8.58. The quantitative estimate of drug-likeness (QED) is 0.580. The summed E-state index contributed by atoms with van der Waals surface area (Å²) in [6.07, 6.45) is 2.65. The van der Waals surface area contributed by atoms with Gasteiger partial charge in [0.2, 0.25) is 0 Å². The van der Waals surface area contributed by atoms with Gasteiger partial charge in [0.05, 0.1) is 18.6 Å². The van der Waals surface area contributed by atoms with Gasteiger partial charge in [-0.2, -0.15) is 5.26 Å². The molecule has 0 saturated carbocycles. The molecule has 2 unspecified atom stereocenters. The van der Waals surface area contributed by atoms with Crippen LogP contribution in [0.4, 0.5) is 14.5 Å². The molecule has 0 spiro atoms. The molecule has 1 aromatic rings. The Kier molecular flexibility index (Phi) is 6.43. The van der Waals surface area contributed by atoms with Gasteiger partial charge in [0.1, 0.15) is 11.6 Å². The molecule has 168 valence electrons. The van der Waals surface area contributed by atoms with E-state index in [1.165, 1.54) is 0 Å². The van der Waals surface area contributed by atoms with Crippen LogP contribution in [0.25, 0.3) is 0 Å². The Morgan fingerprint density at radius 1 is 1.39 bits per heavy atom. The number of alkyl halides is 2. The maximum absolute atomic E-state index is 14.6. The first kappa shape index (κ1) is 23.2. The van der Waals surface area contributed by atoms with Crippen LogP contribution >= 0.6 is 0 Å². The zero-order valence-electron chi connectivity index (χ0n) is 19.0. The smallest absolute Gasteiger partial charge is 0.280 e. The number of halogens is 2. The maximum Gasteiger partial charge on any atom is 0.280 e. The number of hydrogen-bond donors (Lipinski definition) is 1. The highest BCUT2D eigenvalue weighted by atomic mass is 19.3. The Balaban J connectivity index is 1.91. The monoisotopic (exact) mass is 430 g/mol. The van der Waals surface area contributed by atoms with Crippen molar-refractivity contribution in [3.63, 3.8) is 0 Å². The number of anilines is 1. The second-order valence-electron chi connectivity index (χ2n) is 9.66. The summed E-state index contributed by atoms with van der Waals surface area (Å²) >= 11 is 0. The summed E-state index contributed by atoms with van der Waals surface area (Å²) in [5.74, 6) is -3.09. The van der Waals surface area contributed by atoms with E-state index in [2.05, 4.69) is 11.4 Å². The number of nitriles is 1. The van der Waals surface area contributed by atoms with E-state index in [4.69, 9.17) is 0 Å². The van der Waals surface area contributed by atoms with E-state index in [9.17, 15) is 18.8 Å². The summed E-state index contributed by atoms with van der Waals surface area (Å²) in [5.41, 5.74) is 2.62. The Morgan fingerprint density at radius 3 is 2.71 bits per heavy atom. The third-order valence-corrected chi connectivity index (χ3v) is 6.19. The Labute approximate surface area is 183 Å². The van der Waals surface area contributed by atoms with Crippen molar-refractivity contribution in [2.45, 2.75) is 58.5 Å². The lowest BCUT2D eigenvalue weighted by atomic mass is 9.89. The molecule has 0 aromatic heterocycles. The molecule has 2 aliphatic rings. The predicted molar refractivity (Wildman–Crippen MR) is 118 cm³/mol. The molecular formula is C24H32F2N4O. The lowest BCUT2D eigenvalue weighted by Gasteiger charge is -2.42. The lowest BCUT2D eigenvalue weighted by Crippen LogP contribution is -2.56. The van der Waals surface area contributed by atoms with Crippen LogP contribution in [0.1, 0.15) is 51.3 Å². The van der Waals surface area contributed by atoms with Crippen LogP contribution in [0.15, 0.2) is 29.8 Å². The number of hydrogen-bond acceptors (Lipinski definition) is 4. The maximum atomic E-state index is 14.6. The van der Waals surface area contributed by atoms with Crippen molar-refractivity contribution in [1.29, 1.82) is 5.26 Å². The van der Waals surface area contributed by atoms with E-state index in [1.807, 2.05) is 45.9 Å². The highest BCUT2D eigenvalue weighted by Crippen LogP contribution is 2.38. The first-order valence-corrected chi connectivity index (χ1v) is 10.8. The van der Waals surface area contributed by atoms with Gasteiger partial charge in [0.25, 0.3) is 11.8 Å². The fourth-order valence-corrected chi connectivity index (χ4v) is 4.65. The SMILES string of the molecule is CC1c2cccc(N(C)C3CCNCC3(F)F)c2CCN1C(=O)C(C#N)=CC(C)(C)C. The van der Waals surface area contributed by atoms with Gasteiger partial charge in [-0.1, -0.05) is 39.0 Å². The van der Waals surface area contributed by atoms with E-state index in [1.54, 1.807) is 22.9 Å². The molecule has 1 N–H and O–H groups in total. The molecule has 1 aromatic carbocycles.